The van der Waals surface area contributed by atoms with Gasteiger partial charge in [0.1, 0.15) is 5.75 Å². The summed E-state index contributed by atoms with van der Waals surface area (Å²) in [7, 11) is 0. The van der Waals surface area contributed by atoms with Crippen LogP contribution in [0.4, 0.5) is 0 Å². The van der Waals surface area contributed by atoms with E-state index in [1.165, 1.54) is 5.39 Å². The van der Waals surface area contributed by atoms with Gasteiger partial charge in [0.05, 0.1) is 0 Å². The predicted molar refractivity (Wildman–Crippen MR) is 63.0 cm³/mol. The minimum absolute atomic E-state index is 0.0141. The highest BCUT2D eigenvalue weighted by Gasteiger charge is 1.98. The molecule has 0 N–H and O–H groups in total. The lowest BCUT2D eigenvalue weighted by atomic mass is 10.1. The lowest BCUT2D eigenvalue weighted by molar-refractivity contribution is 0.579. The zero-order valence-corrected chi connectivity index (χ0v) is 8.81. The Labute approximate surface area is 92.3 Å². The van der Waals surface area contributed by atoms with Crippen LogP contribution in [0.3, 0.4) is 0 Å². The van der Waals surface area contributed by atoms with Gasteiger partial charge in [-0.15, -0.1) is 0 Å². The lowest BCUT2D eigenvalue weighted by Crippen LogP contribution is -1.94. The molecule has 0 atom stereocenters. The normalized spacial score (nSPS) is 10.1. The first-order valence-electron chi connectivity index (χ1n) is 4.12. The van der Waals surface area contributed by atoms with Crippen LogP contribution in [0.5, 0.6) is 5.75 Å². The molecule has 0 heterocycles. The van der Waals surface area contributed by atoms with Crippen molar-refractivity contribution in [1.82, 2.24) is 0 Å². The third-order valence-corrected chi connectivity index (χ3v) is 2.08. The molecule has 0 fully saturated rings. The smallest absolute Gasteiger partial charge is 0.260 e. The van der Waals surface area contributed by atoms with E-state index in [4.69, 9.17) is 16.3 Å². The highest BCUT2D eigenvalue weighted by Crippen LogP contribution is 2.20. The SMILES string of the molecule is S=C(Cl)Oc1ccc2ccccc2c1. The molecule has 3 heteroatoms. The van der Waals surface area contributed by atoms with Crippen molar-refractivity contribution in [2.75, 3.05) is 0 Å². The number of benzene rings is 2. The Bertz CT molecular complexity index is 481. The minimum atomic E-state index is 0.0141. The summed E-state index contributed by atoms with van der Waals surface area (Å²) in [6, 6.07) is 13.7. The van der Waals surface area contributed by atoms with Crippen LogP contribution < -0.4 is 4.74 Å². The molecule has 0 aromatic heterocycles. The van der Waals surface area contributed by atoms with Crippen LogP contribution >= 0.6 is 23.8 Å². The van der Waals surface area contributed by atoms with E-state index in [1.807, 2.05) is 42.5 Å². The van der Waals surface area contributed by atoms with Gasteiger partial charge >= 0.3 is 0 Å². The number of fused-ring (bicyclic) bond motifs is 1. The molecule has 0 bridgehead atoms. The summed E-state index contributed by atoms with van der Waals surface area (Å²) in [5.74, 6) is 0.670. The summed E-state index contributed by atoms with van der Waals surface area (Å²) >= 11 is 10.1. The van der Waals surface area contributed by atoms with Crippen LogP contribution in [0.15, 0.2) is 42.5 Å². The van der Waals surface area contributed by atoms with Crippen LogP contribution in [-0.2, 0) is 0 Å². The fourth-order valence-electron chi connectivity index (χ4n) is 1.32. The van der Waals surface area contributed by atoms with Crippen molar-refractivity contribution in [2.24, 2.45) is 0 Å². The first-order chi connectivity index (χ1) is 6.75. The first-order valence-corrected chi connectivity index (χ1v) is 4.90. The van der Waals surface area contributed by atoms with Crippen molar-refractivity contribution in [3.05, 3.63) is 42.5 Å². The van der Waals surface area contributed by atoms with Crippen molar-refractivity contribution in [2.45, 2.75) is 0 Å². The van der Waals surface area contributed by atoms with Crippen molar-refractivity contribution in [1.29, 1.82) is 0 Å². The Kier molecular flexibility index (Phi) is 2.66. The number of hydrogen-bond donors (Lipinski definition) is 0. The first kappa shape index (κ1) is 9.44. The molecule has 0 aliphatic carbocycles. The Hall–Kier alpha value is -1.12. The zero-order chi connectivity index (χ0) is 9.97. The van der Waals surface area contributed by atoms with Gasteiger partial charge in [-0.25, -0.2) is 0 Å². The van der Waals surface area contributed by atoms with Gasteiger partial charge in [0.25, 0.3) is 4.51 Å². The second-order valence-corrected chi connectivity index (χ2v) is 3.79. The summed E-state index contributed by atoms with van der Waals surface area (Å²) in [5, 5.41) is 2.28. The van der Waals surface area contributed by atoms with Crippen LogP contribution in [-0.4, -0.2) is 4.51 Å². The average molecular weight is 223 g/mol. The van der Waals surface area contributed by atoms with E-state index in [1.54, 1.807) is 0 Å². The Morgan fingerprint density at radius 1 is 1.07 bits per heavy atom. The van der Waals surface area contributed by atoms with Gasteiger partial charge in [-0.2, -0.15) is 0 Å². The average Bonchev–Trinajstić information content (AvgIpc) is 2.17. The molecule has 70 valence electrons. The highest BCUT2D eigenvalue weighted by atomic mass is 35.5. The number of thiocarbonyl (C=S) groups is 1. The summed E-state index contributed by atoms with van der Waals surface area (Å²) in [6.07, 6.45) is 0. The molecule has 2 aromatic rings. The molecule has 0 radical (unpaired) electrons. The lowest BCUT2D eigenvalue weighted by Gasteiger charge is -2.02. The van der Waals surface area contributed by atoms with Gasteiger partial charge in [0.15, 0.2) is 0 Å². The van der Waals surface area contributed by atoms with E-state index in [2.05, 4.69) is 12.2 Å². The molecule has 1 nitrogen and oxygen atoms in total. The van der Waals surface area contributed by atoms with Crippen LogP contribution in [0.1, 0.15) is 0 Å². The van der Waals surface area contributed by atoms with Gasteiger partial charge in [0, 0.05) is 0 Å². The molecule has 2 aromatic carbocycles. The van der Waals surface area contributed by atoms with E-state index in [0.29, 0.717) is 5.75 Å². The van der Waals surface area contributed by atoms with Gasteiger partial charge in [-0.05, 0) is 46.7 Å². The molecular formula is C11H7ClOS. The Morgan fingerprint density at radius 2 is 1.79 bits per heavy atom. The van der Waals surface area contributed by atoms with Crippen LogP contribution in [0, 0.1) is 0 Å². The van der Waals surface area contributed by atoms with Crippen molar-refractivity contribution < 1.29 is 4.74 Å². The number of ether oxygens (including phenoxy) is 1. The fourth-order valence-corrected chi connectivity index (χ4v) is 1.51. The van der Waals surface area contributed by atoms with Gasteiger partial charge in [0.2, 0.25) is 0 Å². The second-order valence-electron chi connectivity index (χ2n) is 2.85. The molecule has 0 unspecified atom stereocenters. The zero-order valence-electron chi connectivity index (χ0n) is 7.24. The summed E-state index contributed by atoms with van der Waals surface area (Å²) in [6.45, 7) is 0. The molecule has 0 aliphatic heterocycles. The topological polar surface area (TPSA) is 9.23 Å². The summed E-state index contributed by atoms with van der Waals surface area (Å²) in [4.78, 5) is 0. The van der Waals surface area contributed by atoms with Crippen LogP contribution in [0.2, 0.25) is 0 Å². The van der Waals surface area contributed by atoms with E-state index < -0.39 is 0 Å². The molecule has 14 heavy (non-hydrogen) atoms. The number of rotatable bonds is 1. The van der Waals surface area contributed by atoms with Crippen molar-refractivity contribution in [3.8, 4) is 5.75 Å². The largest absolute Gasteiger partial charge is 0.436 e. The highest BCUT2D eigenvalue weighted by molar-refractivity contribution is 7.82. The maximum atomic E-state index is 5.47. The monoisotopic (exact) mass is 222 g/mol. The van der Waals surface area contributed by atoms with E-state index in [9.17, 15) is 0 Å². The van der Waals surface area contributed by atoms with Gasteiger partial charge < -0.3 is 4.74 Å². The molecule has 0 amide bonds. The molecule has 0 saturated heterocycles. The molecular weight excluding hydrogens is 216 g/mol. The maximum Gasteiger partial charge on any atom is 0.260 e. The van der Waals surface area contributed by atoms with Crippen molar-refractivity contribution >= 4 is 39.1 Å². The van der Waals surface area contributed by atoms with Crippen molar-refractivity contribution in [3.63, 3.8) is 0 Å². The molecule has 0 spiro atoms. The fraction of sp³-hybridized carbons (Fsp3) is 0. The van der Waals surface area contributed by atoms with E-state index in [-0.39, 0.29) is 4.51 Å². The van der Waals surface area contributed by atoms with E-state index >= 15 is 0 Å². The Balaban J connectivity index is 2.46. The minimum Gasteiger partial charge on any atom is -0.436 e. The standard InChI is InChI=1S/C11H7ClOS/c12-11(14)13-10-6-5-8-3-1-2-4-9(8)7-10/h1-7H. The maximum absolute atomic E-state index is 5.47. The quantitative estimate of drug-likeness (QED) is 0.537. The van der Waals surface area contributed by atoms with Crippen LogP contribution in [0.25, 0.3) is 10.8 Å². The van der Waals surface area contributed by atoms with Gasteiger partial charge in [-0.1, -0.05) is 30.3 Å². The number of halogens is 1. The summed E-state index contributed by atoms with van der Waals surface area (Å²) in [5.41, 5.74) is 0. The molecule has 0 aliphatic rings. The molecule has 0 saturated carbocycles. The second kappa shape index (κ2) is 3.95. The van der Waals surface area contributed by atoms with E-state index in [0.717, 1.165) is 5.39 Å². The predicted octanol–water partition coefficient (Wildman–Crippen LogP) is 3.74. The number of hydrogen-bond acceptors (Lipinski definition) is 2. The molecule has 2 rings (SSSR count). The third kappa shape index (κ3) is 2.03. The van der Waals surface area contributed by atoms with Gasteiger partial charge in [-0.3, -0.25) is 0 Å². The summed E-state index contributed by atoms with van der Waals surface area (Å²) < 4.78 is 5.13. The Morgan fingerprint density at radius 3 is 2.50 bits per heavy atom. The third-order valence-electron chi connectivity index (χ3n) is 1.92.